The first kappa shape index (κ1) is 34.3. The van der Waals surface area contributed by atoms with E-state index >= 15 is 4.39 Å². The lowest BCUT2D eigenvalue weighted by molar-refractivity contribution is -0.130. The predicted molar refractivity (Wildman–Crippen MR) is 189 cm³/mol. The number of carbonyl (C=O) groups is 2. The number of hydrogen-bond acceptors (Lipinski definition) is 10. The molecule has 2 fully saturated rings. The standard InChI is InChI=1S/C38H42FN7O5/c1-22-25(7-5-8-26(22)29-17-33-35(38(43-29)50-4)32(21-51-33)40-18-24-11-12-34(48)42-24)27-9-6-10-28(36(27)39)30-19-41-31(37(44-30)49-3)20-45-13-15-46(16-14-45)23(2)47/h5-10,17,19,24,32,40H,11-16,18,20-21H2,1-4H3,(H,42,48). The van der Waals surface area contributed by atoms with Gasteiger partial charge in [-0.1, -0.05) is 30.3 Å². The van der Waals surface area contributed by atoms with Crippen LogP contribution in [0.3, 0.4) is 0 Å². The van der Waals surface area contributed by atoms with Crippen LogP contribution >= 0.6 is 0 Å². The molecule has 0 saturated carbocycles. The van der Waals surface area contributed by atoms with Crippen LogP contribution in [0, 0.1) is 12.7 Å². The van der Waals surface area contributed by atoms with E-state index in [1.165, 1.54) is 7.11 Å². The fourth-order valence-corrected chi connectivity index (χ4v) is 7.15. The second-order valence-electron chi connectivity index (χ2n) is 13.1. The molecule has 7 rings (SSSR count). The third kappa shape index (κ3) is 6.95. The Balaban J connectivity index is 1.14. The van der Waals surface area contributed by atoms with Gasteiger partial charge in [-0.3, -0.25) is 19.5 Å². The second kappa shape index (κ2) is 14.6. The number of benzene rings is 2. The molecule has 3 aliphatic heterocycles. The summed E-state index contributed by atoms with van der Waals surface area (Å²) in [7, 11) is 3.12. The molecule has 12 nitrogen and oxygen atoms in total. The third-order valence-electron chi connectivity index (χ3n) is 10.00. The van der Waals surface area contributed by atoms with Crippen molar-refractivity contribution in [1.82, 2.24) is 35.4 Å². The summed E-state index contributed by atoms with van der Waals surface area (Å²) in [4.78, 5) is 41.6. The first-order chi connectivity index (χ1) is 24.7. The number of rotatable bonds is 10. The molecule has 3 aliphatic rings. The Bertz CT molecular complexity index is 1970. The fraction of sp³-hybridized carbons (Fsp3) is 0.395. The van der Waals surface area contributed by atoms with Crippen molar-refractivity contribution < 1.29 is 28.2 Å². The summed E-state index contributed by atoms with van der Waals surface area (Å²) in [6, 6.07) is 12.9. The quantitative estimate of drug-likeness (QED) is 0.248. The van der Waals surface area contributed by atoms with Crippen molar-refractivity contribution in [2.24, 2.45) is 0 Å². The van der Waals surface area contributed by atoms with Crippen molar-refractivity contribution in [1.29, 1.82) is 0 Å². The lowest BCUT2D eigenvalue weighted by atomic mass is 9.92. The van der Waals surface area contributed by atoms with Gasteiger partial charge in [-0.15, -0.1) is 0 Å². The number of piperazine rings is 1. The summed E-state index contributed by atoms with van der Waals surface area (Å²) in [5.74, 6) is 1.21. The zero-order valence-electron chi connectivity index (χ0n) is 29.3. The van der Waals surface area contributed by atoms with Crippen LogP contribution in [-0.2, 0) is 16.1 Å². The van der Waals surface area contributed by atoms with E-state index in [-0.39, 0.29) is 23.9 Å². The van der Waals surface area contributed by atoms with Gasteiger partial charge in [-0.2, -0.15) is 0 Å². The lowest BCUT2D eigenvalue weighted by Crippen LogP contribution is -2.47. The Kier molecular flexibility index (Phi) is 9.83. The van der Waals surface area contributed by atoms with E-state index in [0.29, 0.717) is 90.5 Å². The van der Waals surface area contributed by atoms with Gasteiger partial charge in [0.15, 0.2) is 0 Å². The second-order valence-corrected chi connectivity index (χ2v) is 13.1. The number of nitrogens with zero attached hydrogens (tertiary/aromatic N) is 5. The predicted octanol–water partition coefficient (Wildman–Crippen LogP) is 4.30. The molecule has 2 amide bonds. The molecule has 0 spiro atoms. The minimum Gasteiger partial charge on any atom is -0.491 e. The molecule has 51 heavy (non-hydrogen) atoms. The Morgan fingerprint density at radius 2 is 1.71 bits per heavy atom. The maximum atomic E-state index is 16.5. The number of carbonyl (C=O) groups excluding carboxylic acids is 2. The molecular weight excluding hydrogens is 653 g/mol. The Morgan fingerprint density at radius 3 is 2.41 bits per heavy atom. The van der Waals surface area contributed by atoms with E-state index in [9.17, 15) is 9.59 Å². The van der Waals surface area contributed by atoms with Crippen molar-refractivity contribution in [3.05, 3.63) is 71.3 Å². The number of fused-ring (bicyclic) bond motifs is 1. The summed E-state index contributed by atoms with van der Waals surface area (Å²) < 4.78 is 34.0. The molecule has 0 aliphatic carbocycles. The van der Waals surface area contributed by atoms with E-state index in [1.54, 1.807) is 32.4 Å². The van der Waals surface area contributed by atoms with E-state index in [2.05, 4.69) is 25.5 Å². The zero-order valence-corrected chi connectivity index (χ0v) is 29.3. The van der Waals surface area contributed by atoms with Gasteiger partial charge in [0.1, 0.15) is 23.9 Å². The molecule has 2 aromatic carbocycles. The number of pyridine rings is 1. The average molecular weight is 696 g/mol. The lowest BCUT2D eigenvalue weighted by Gasteiger charge is -2.34. The molecule has 13 heteroatoms. The molecule has 2 saturated heterocycles. The molecule has 2 unspecified atom stereocenters. The molecule has 2 N–H and O–H groups in total. The highest BCUT2D eigenvalue weighted by Gasteiger charge is 2.32. The van der Waals surface area contributed by atoms with Gasteiger partial charge >= 0.3 is 0 Å². The Hall–Kier alpha value is -5.14. The average Bonchev–Trinajstić information content (AvgIpc) is 3.76. The number of amides is 2. The summed E-state index contributed by atoms with van der Waals surface area (Å²) in [5.41, 5.74) is 5.63. The van der Waals surface area contributed by atoms with Crippen molar-refractivity contribution in [3.8, 4) is 51.2 Å². The number of hydrogen-bond donors (Lipinski definition) is 2. The van der Waals surface area contributed by atoms with Gasteiger partial charge in [-0.25, -0.2) is 14.4 Å². The van der Waals surface area contributed by atoms with Gasteiger partial charge in [0.05, 0.1) is 43.4 Å². The summed E-state index contributed by atoms with van der Waals surface area (Å²) in [5, 5.41) is 6.49. The van der Waals surface area contributed by atoms with Gasteiger partial charge in [-0.05, 0) is 30.5 Å². The zero-order chi connectivity index (χ0) is 35.6. The van der Waals surface area contributed by atoms with Gasteiger partial charge in [0.2, 0.25) is 23.6 Å². The number of halogens is 1. The first-order valence-corrected chi connectivity index (χ1v) is 17.3. The minimum atomic E-state index is -0.419. The summed E-state index contributed by atoms with van der Waals surface area (Å²) in [6.07, 6.45) is 2.93. The van der Waals surface area contributed by atoms with Crippen LogP contribution in [0.15, 0.2) is 48.7 Å². The topological polar surface area (TPSA) is 131 Å². The molecule has 5 heterocycles. The fourth-order valence-electron chi connectivity index (χ4n) is 7.15. The van der Waals surface area contributed by atoms with Crippen LogP contribution in [0.5, 0.6) is 17.5 Å². The normalized spacial score (nSPS) is 18.7. The maximum Gasteiger partial charge on any atom is 0.237 e. The summed E-state index contributed by atoms with van der Waals surface area (Å²) >= 11 is 0. The molecular formula is C38H42FN7O5. The van der Waals surface area contributed by atoms with Gasteiger partial charge < -0.3 is 29.7 Å². The smallest absolute Gasteiger partial charge is 0.237 e. The largest absolute Gasteiger partial charge is 0.491 e. The minimum absolute atomic E-state index is 0.0769. The van der Waals surface area contributed by atoms with Gasteiger partial charge in [0.25, 0.3) is 0 Å². The van der Waals surface area contributed by atoms with Crippen LogP contribution in [0.25, 0.3) is 33.6 Å². The highest BCUT2D eigenvalue weighted by molar-refractivity contribution is 5.81. The van der Waals surface area contributed by atoms with Crippen molar-refractivity contribution >= 4 is 11.8 Å². The van der Waals surface area contributed by atoms with Crippen molar-refractivity contribution in [2.75, 3.05) is 53.6 Å². The maximum absolute atomic E-state index is 16.5. The number of ether oxygens (including phenoxy) is 3. The molecule has 0 radical (unpaired) electrons. The third-order valence-corrected chi connectivity index (χ3v) is 10.00. The molecule has 2 aromatic heterocycles. The number of methoxy groups -OCH3 is 2. The molecule has 0 bridgehead atoms. The SMILES string of the molecule is COc1nc(-c2cccc(-c3cccc(-c4cc5c(c(OC)n4)C(NCC4CCC(=O)N4)CO5)c3C)c2F)cnc1CN1CCN(C(C)=O)CC1. The van der Waals surface area contributed by atoms with Crippen LogP contribution in [0.1, 0.15) is 42.6 Å². The highest BCUT2D eigenvalue weighted by Crippen LogP contribution is 2.43. The monoisotopic (exact) mass is 695 g/mol. The van der Waals surface area contributed by atoms with Crippen LogP contribution < -0.4 is 24.8 Å². The number of nitrogens with one attached hydrogen (secondary N) is 2. The van der Waals surface area contributed by atoms with Crippen LogP contribution in [0.4, 0.5) is 4.39 Å². The van der Waals surface area contributed by atoms with E-state index < -0.39 is 5.82 Å². The molecule has 2 atom stereocenters. The number of aromatic nitrogens is 3. The van der Waals surface area contributed by atoms with Crippen LogP contribution in [-0.4, -0.2) is 96.2 Å². The first-order valence-electron chi connectivity index (χ1n) is 17.3. The Morgan fingerprint density at radius 1 is 1.00 bits per heavy atom. The molecule has 266 valence electrons. The van der Waals surface area contributed by atoms with Crippen molar-refractivity contribution in [2.45, 2.75) is 45.3 Å². The highest BCUT2D eigenvalue weighted by atomic mass is 19.1. The molecule has 4 aromatic rings. The van der Waals surface area contributed by atoms with E-state index in [4.69, 9.17) is 19.2 Å². The van der Waals surface area contributed by atoms with Gasteiger partial charge in [0, 0.05) is 81.4 Å². The summed E-state index contributed by atoms with van der Waals surface area (Å²) in [6.45, 7) is 7.86. The van der Waals surface area contributed by atoms with Crippen LogP contribution in [0.2, 0.25) is 0 Å². The van der Waals surface area contributed by atoms with E-state index in [0.717, 1.165) is 36.2 Å². The van der Waals surface area contributed by atoms with Crippen molar-refractivity contribution in [3.63, 3.8) is 0 Å². The van der Waals surface area contributed by atoms with E-state index in [1.807, 2.05) is 42.2 Å². The Labute approximate surface area is 296 Å².